The fourth-order valence-corrected chi connectivity index (χ4v) is 6.07. The highest BCUT2D eigenvalue weighted by atomic mass is 35.5. The van der Waals surface area contributed by atoms with Gasteiger partial charge in [-0.25, -0.2) is 16.8 Å². The summed E-state index contributed by atoms with van der Waals surface area (Å²) >= 11 is 5.89. The summed E-state index contributed by atoms with van der Waals surface area (Å²) in [5, 5.41) is 0.389. The number of halogens is 1. The normalized spacial score (nSPS) is 14.3. The molecule has 1 saturated heterocycles. The molecule has 1 aliphatic rings. The topological polar surface area (TPSA) is 113 Å². The molecule has 0 bridgehead atoms. The average molecular weight is 520 g/mol. The molecule has 3 aromatic carbocycles. The summed E-state index contributed by atoms with van der Waals surface area (Å²) in [5.74, 6) is 0.0247. The van der Waals surface area contributed by atoms with Crippen molar-refractivity contribution in [1.82, 2.24) is 0 Å². The van der Waals surface area contributed by atoms with E-state index < -0.39 is 20.0 Å². The van der Waals surface area contributed by atoms with Gasteiger partial charge in [0.1, 0.15) is 0 Å². The maximum atomic E-state index is 12.9. The fourth-order valence-electron chi connectivity index (χ4n) is 3.68. The summed E-state index contributed by atoms with van der Waals surface area (Å²) in [4.78, 5) is 13.7. The Morgan fingerprint density at radius 2 is 1.47 bits per heavy atom. The quantitative estimate of drug-likeness (QED) is 0.481. The van der Waals surface area contributed by atoms with Crippen LogP contribution in [0.4, 0.5) is 17.1 Å². The molecule has 1 aliphatic heterocycles. The molecule has 8 nitrogen and oxygen atoms in total. The molecule has 0 spiro atoms. The second kappa shape index (κ2) is 9.28. The van der Waals surface area contributed by atoms with Crippen LogP contribution in [-0.2, 0) is 24.8 Å². The summed E-state index contributed by atoms with van der Waals surface area (Å²) < 4.78 is 55.8. The molecule has 1 amide bonds. The van der Waals surface area contributed by atoms with Gasteiger partial charge in [0, 0.05) is 29.4 Å². The Labute approximate surface area is 203 Å². The van der Waals surface area contributed by atoms with Gasteiger partial charge in [-0.05, 0) is 79.6 Å². The predicted molar refractivity (Wildman–Crippen MR) is 132 cm³/mol. The number of nitrogens with zero attached hydrogens (tertiary/aromatic N) is 1. The number of aryl methyl sites for hydroxylation is 1. The molecular formula is C23H22ClN3O5S2. The first kappa shape index (κ1) is 24.1. The van der Waals surface area contributed by atoms with Crippen LogP contribution in [0.1, 0.15) is 18.4 Å². The summed E-state index contributed by atoms with van der Waals surface area (Å²) in [5.41, 5.74) is 1.89. The zero-order valence-corrected chi connectivity index (χ0v) is 20.5. The van der Waals surface area contributed by atoms with Crippen LogP contribution in [0.5, 0.6) is 0 Å². The molecule has 0 saturated carbocycles. The molecule has 178 valence electrons. The van der Waals surface area contributed by atoms with Crippen molar-refractivity contribution >= 4 is 54.6 Å². The van der Waals surface area contributed by atoms with Crippen LogP contribution < -0.4 is 14.3 Å². The van der Waals surface area contributed by atoms with E-state index in [4.69, 9.17) is 11.6 Å². The van der Waals surface area contributed by atoms with Crippen molar-refractivity contribution in [2.75, 3.05) is 20.9 Å². The van der Waals surface area contributed by atoms with Gasteiger partial charge in [-0.3, -0.25) is 14.2 Å². The molecule has 1 heterocycles. The molecule has 11 heteroatoms. The first-order valence-electron chi connectivity index (χ1n) is 10.4. The van der Waals surface area contributed by atoms with Crippen molar-refractivity contribution in [3.05, 3.63) is 77.3 Å². The van der Waals surface area contributed by atoms with Crippen molar-refractivity contribution in [2.24, 2.45) is 0 Å². The molecular weight excluding hydrogens is 498 g/mol. The van der Waals surface area contributed by atoms with Crippen molar-refractivity contribution in [1.29, 1.82) is 0 Å². The fraction of sp³-hybridized carbons (Fsp3) is 0.174. The summed E-state index contributed by atoms with van der Waals surface area (Å²) in [6.07, 6.45) is 1.27. The number of carbonyl (C=O) groups excluding carboxylic acids is 1. The zero-order chi connectivity index (χ0) is 24.5. The number of rotatable bonds is 7. The van der Waals surface area contributed by atoms with E-state index in [-0.39, 0.29) is 21.4 Å². The highest BCUT2D eigenvalue weighted by molar-refractivity contribution is 7.93. The molecule has 1 fully saturated rings. The Hall–Kier alpha value is -3.08. The van der Waals surface area contributed by atoms with Crippen molar-refractivity contribution in [3.8, 4) is 0 Å². The van der Waals surface area contributed by atoms with E-state index in [9.17, 15) is 21.6 Å². The largest absolute Gasteiger partial charge is 0.312 e. The number of nitrogens with one attached hydrogen (secondary N) is 2. The SMILES string of the molecule is Cc1cc(S(=O)(=O)Nc2ccc(S(=O)(=O)Nc3cccc(Cl)c3)cc2)ccc1N1CCCC1=O. The van der Waals surface area contributed by atoms with Crippen LogP contribution in [0, 0.1) is 6.92 Å². The Bertz CT molecular complexity index is 1460. The summed E-state index contributed by atoms with van der Waals surface area (Å²) in [6.45, 7) is 2.37. The minimum absolute atomic E-state index is 0.0247. The average Bonchev–Trinajstić information content (AvgIpc) is 3.19. The zero-order valence-electron chi connectivity index (χ0n) is 18.2. The van der Waals surface area contributed by atoms with Gasteiger partial charge in [0.2, 0.25) is 5.91 Å². The van der Waals surface area contributed by atoms with Gasteiger partial charge in [0.25, 0.3) is 20.0 Å². The van der Waals surface area contributed by atoms with Gasteiger partial charge in [0.05, 0.1) is 15.5 Å². The molecule has 2 N–H and O–H groups in total. The smallest absolute Gasteiger partial charge is 0.261 e. The van der Waals surface area contributed by atoms with Crippen LogP contribution in [0.25, 0.3) is 0 Å². The Kier molecular flexibility index (Phi) is 6.57. The molecule has 0 unspecified atom stereocenters. The van der Waals surface area contributed by atoms with E-state index in [0.29, 0.717) is 34.9 Å². The van der Waals surface area contributed by atoms with Crippen LogP contribution >= 0.6 is 11.6 Å². The number of amides is 1. The number of benzene rings is 3. The molecule has 0 aromatic heterocycles. The van der Waals surface area contributed by atoms with Gasteiger partial charge in [0.15, 0.2) is 0 Å². The maximum Gasteiger partial charge on any atom is 0.261 e. The number of hydrogen-bond acceptors (Lipinski definition) is 5. The summed E-state index contributed by atoms with van der Waals surface area (Å²) in [7, 11) is -7.81. The number of hydrogen-bond donors (Lipinski definition) is 2. The predicted octanol–water partition coefficient (Wildman–Crippen LogP) is 4.38. The van der Waals surface area contributed by atoms with E-state index in [1.807, 2.05) is 0 Å². The Balaban J connectivity index is 1.50. The van der Waals surface area contributed by atoms with Gasteiger partial charge in [-0.2, -0.15) is 0 Å². The lowest BCUT2D eigenvalue weighted by Gasteiger charge is -2.19. The lowest BCUT2D eigenvalue weighted by atomic mass is 10.2. The van der Waals surface area contributed by atoms with Crippen LogP contribution in [0.15, 0.2) is 76.5 Å². The van der Waals surface area contributed by atoms with E-state index in [1.54, 1.807) is 36.1 Å². The minimum atomic E-state index is -3.92. The highest BCUT2D eigenvalue weighted by Crippen LogP contribution is 2.28. The lowest BCUT2D eigenvalue weighted by molar-refractivity contribution is -0.117. The van der Waals surface area contributed by atoms with E-state index in [1.165, 1.54) is 42.5 Å². The van der Waals surface area contributed by atoms with Crippen LogP contribution in [0.2, 0.25) is 5.02 Å². The third-order valence-electron chi connectivity index (χ3n) is 5.34. The van der Waals surface area contributed by atoms with Crippen molar-refractivity contribution in [2.45, 2.75) is 29.6 Å². The second-order valence-electron chi connectivity index (χ2n) is 7.84. The number of anilines is 3. The van der Waals surface area contributed by atoms with E-state index >= 15 is 0 Å². The molecule has 4 rings (SSSR count). The van der Waals surface area contributed by atoms with Gasteiger partial charge in [-0.15, -0.1) is 0 Å². The first-order chi connectivity index (χ1) is 16.0. The number of carbonyl (C=O) groups is 1. The van der Waals surface area contributed by atoms with Crippen molar-refractivity contribution in [3.63, 3.8) is 0 Å². The minimum Gasteiger partial charge on any atom is -0.312 e. The standard InChI is InChI=1S/C23H22ClN3O5S2/c1-16-14-21(11-12-22(16)27-13-3-6-23(27)28)34(31,32)25-18-7-9-20(10-8-18)33(29,30)26-19-5-2-4-17(24)15-19/h2,4-5,7-12,14-15,25-26H,3,6,13H2,1H3. The number of sulfonamides is 2. The maximum absolute atomic E-state index is 12.9. The van der Waals surface area contributed by atoms with Crippen LogP contribution in [-0.4, -0.2) is 29.3 Å². The summed E-state index contributed by atoms with van der Waals surface area (Å²) in [6, 6.07) is 16.2. The molecule has 0 aliphatic carbocycles. The highest BCUT2D eigenvalue weighted by Gasteiger charge is 2.24. The molecule has 0 atom stereocenters. The third-order valence-corrected chi connectivity index (χ3v) is 8.35. The molecule has 34 heavy (non-hydrogen) atoms. The lowest BCUT2D eigenvalue weighted by Crippen LogP contribution is -2.24. The van der Waals surface area contributed by atoms with Gasteiger partial charge < -0.3 is 4.90 Å². The first-order valence-corrected chi connectivity index (χ1v) is 13.7. The Morgan fingerprint density at radius 3 is 2.09 bits per heavy atom. The van der Waals surface area contributed by atoms with Gasteiger partial charge >= 0.3 is 0 Å². The molecule has 3 aromatic rings. The monoisotopic (exact) mass is 519 g/mol. The van der Waals surface area contributed by atoms with E-state index in [0.717, 1.165) is 6.42 Å². The van der Waals surface area contributed by atoms with Crippen LogP contribution in [0.3, 0.4) is 0 Å². The van der Waals surface area contributed by atoms with Gasteiger partial charge in [-0.1, -0.05) is 17.7 Å². The second-order valence-corrected chi connectivity index (χ2v) is 11.6. The molecule has 0 radical (unpaired) electrons. The Morgan fingerprint density at radius 1 is 0.824 bits per heavy atom. The third kappa shape index (κ3) is 5.19. The van der Waals surface area contributed by atoms with Crippen molar-refractivity contribution < 1.29 is 21.6 Å². The van der Waals surface area contributed by atoms with E-state index in [2.05, 4.69) is 9.44 Å².